The van der Waals surface area contributed by atoms with Crippen molar-refractivity contribution >= 4 is 21.7 Å². The zero-order valence-electron chi connectivity index (χ0n) is 15.7. The third-order valence-corrected chi connectivity index (χ3v) is 6.96. The summed E-state index contributed by atoms with van der Waals surface area (Å²) in [6.07, 6.45) is 1.50. The fourth-order valence-corrected chi connectivity index (χ4v) is 4.85. The number of piperazine rings is 1. The largest absolute Gasteiger partial charge is 0.378 e. The highest BCUT2D eigenvalue weighted by molar-refractivity contribution is 7.89. The van der Waals surface area contributed by atoms with Crippen molar-refractivity contribution in [3.8, 4) is 0 Å². The second-order valence-electron chi connectivity index (χ2n) is 6.80. The number of sulfonamides is 1. The van der Waals surface area contributed by atoms with Crippen LogP contribution in [0.15, 0.2) is 35.5 Å². The molecule has 2 aromatic rings. The number of ether oxygens (including phenoxy) is 1. The molecule has 0 amide bonds. The van der Waals surface area contributed by atoms with Gasteiger partial charge in [0.25, 0.3) is 0 Å². The van der Waals surface area contributed by atoms with Crippen molar-refractivity contribution in [2.45, 2.75) is 4.90 Å². The van der Waals surface area contributed by atoms with Crippen LogP contribution < -0.4 is 9.80 Å². The Kier molecular flexibility index (Phi) is 5.61. The summed E-state index contributed by atoms with van der Waals surface area (Å²) in [5, 5.41) is 0. The van der Waals surface area contributed by atoms with Crippen LogP contribution in [0.5, 0.6) is 0 Å². The van der Waals surface area contributed by atoms with E-state index in [0.717, 1.165) is 42.9 Å². The van der Waals surface area contributed by atoms with E-state index in [0.29, 0.717) is 26.3 Å². The fourth-order valence-electron chi connectivity index (χ4n) is 3.42. The minimum Gasteiger partial charge on any atom is -0.378 e. The molecule has 2 aliphatic rings. The van der Waals surface area contributed by atoms with Crippen LogP contribution in [0.4, 0.5) is 20.4 Å². The fraction of sp³-hybridized carbons (Fsp3) is 0.444. The minimum absolute atomic E-state index is 0.220. The molecule has 0 radical (unpaired) electrons. The van der Waals surface area contributed by atoms with Crippen molar-refractivity contribution in [3.05, 3.63) is 42.2 Å². The van der Waals surface area contributed by atoms with E-state index < -0.39 is 21.7 Å². The Balaban J connectivity index is 1.44. The zero-order valence-corrected chi connectivity index (χ0v) is 16.5. The SMILES string of the molecule is O=S(=O)(c1ccc(F)c(F)c1)N1CCN(c2cc(N3CCOCC3)ncn2)CC1. The van der Waals surface area contributed by atoms with Crippen LogP contribution >= 0.6 is 0 Å². The van der Waals surface area contributed by atoms with Gasteiger partial charge in [0.15, 0.2) is 11.6 Å². The first kappa shape index (κ1) is 19.9. The number of hydrogen-bond donors (Lipinski definition) is 0. The van der Waals surface area contributed by atoms with E-state index in [4.69, 9.17) is 4.74 Å². The van der Waals surface area contributed by atoms with Crippen LogP contribution in [0.1, 0.15) is 0 Å². The van der Waals surface area contributed by atoms with Crippen molar-refractivity contribution in [2.75, 3.05) is 62.3 Å². The lowest BCUT2D eigenvalue weighted by atomic mass is 10.3. The summed E-state index contributed by atoms with van der Waals surface area (Å²) in [5.74, 6) is -0.712. The highest BCUT2D eigenvalue weighted by atomic mass is 32.2. The number of halogens is 2. The van der Waals surface area contributed by atoms with Gasteiger partial charge in [-0.05, 0) is 18.2 Å². The maximum absolute atomic E-state index is 13.5. The van der Waals surface area contributed by atoms with Gasteiger partial charge in [0, 0.05) is 45.3 Å². The van der Waals surface area contributed by atoms with Gasteiger partial charge < -0.3 is 14.5 Å². The number of hydrogen-bond acceptors (Lipinski definition) is 7. The van der Waals surface area contributed by atoms with Gasteiger partial charge in [-0.1, -0.05) is 0 Å². The maximum atomic E-state index is 13.5. The average Bonchev–Trinajstić information content (AvgIpc) is 2.76. The van der Waals surface area contributed by atoms with Gasteiger partial charge in [-0.25, -0.2) is 27.2 Å². The molecule has 156 valence electrons. The summed E-state index contributed by atoms with van der Waals surface area (Å²) in [5.41, 5.74) is 0. The molecule has 3 heterocycles. The van der Waals surface area contributed by atoms with E-state index >= 15 is 0 Å². The molecule has 0 spiro atoms. The molecule has 2 aliphatic heterocycles. The molecule has 29 heavy (non-hydrogen) atoms. The highest BCUT2D eigenvalue weighted by Crippen LogP contribution is 2.23. The summed E-state index contributed by atoms with van der Waals surface area (Å²) in [6, 6.07) is 4.52. The van der Waals surface area contributed by atoms with E-state index in [1.54, 1.807) is 0 Å². The first-order valence-corrected chi connectivity index (χ1v) is 10.7. The Labute approximate surface area is 167 Å². The Morgan fingerprint density at radius 2 is 1.45 bits per heavy atom. The molecule has 8 nitrogen and oxygen atoms in total. The van der Waals surface area contributed by atoms with Crippen LogP contribution in [0.2, 0.25) is 0 Å². The van der Waals surface area contributed by atoms with Gasteiger partial charge in [0.1, 0.15) is 18.0 Å². The number of anilines is 2. The smallest absolute Gasteiger partial charge is 0.243 e. The lowest BCUT2D eigenvalue weighted by Gasteiger charge is -2.35. The predicted octanol–water partition coefficient (Wildman–Crippen LogP) is 1.10. The molecule has 0 bridgehead atoms. The summed E-state index contributed by atoms with van der Waals surface area (Å²) in [6.45, 7) is 4.13. The third-order valence-electron chi connectivity index (χ3n) is 5.06. The molecule has 2 fully saturated rings. The molecule has 0 unspecified atom stereocenters. The molecule has 1 aromatic carbocycles. The molecule has 2 saturated heterocycles. The Hall–Kier alpha value is -2.37. The molecule has 0 N–H and O–H groups in total. The average molecular weight is 425 g/mol. The van der Waals surface area contributed by atoms with Crippen LogP contribution in [0.25, 0.3) is 0 Å². The van der Waals surface area contributed by atoms with E-state index in [1.807, 2.05) is 11.0 Å². The van der Waals surface area contributed by atoms with E-state index in [-0.39, 0.29) is 18.0 Å². The molecule has 0 aliphatic carbocycles. The van der Waals surface area contributed by atoms with Gasteiger partial charge >= 0.3 is 0 Å². The van der Waals surface area contributed by atoms with E-state index in [1.165, 1.54) is 10.6 Å². The second-order valence-corrected chi connectivity index (χ2v) is 8.74. The topological polar surface area (TPSA) is 78.9 Å². The number of benzene rings is 1. The summed E-state index contributed by atoms with van der Waals surface area (Å²) < 4.78 is 58.7. The zero-order chi connectivity index (χ0) is 20.4. The normalized spacial score (nSPS) is 18.8. The van der Waals surface area contributed by atoms with Gasteiger partial charge in [-0.15, -0.1) is 0 Å². The third kappa shape index (κ3) is 4.16. The van der Waals surface area contributed by atoms with Crippen LogP contribution in [0.3, 0.4) is 0 Å². The molecule has 4 rings (SSSR count). The molecule has 0 saturated carbocycles. The standard InChI is InChI=1S/C18H21F2N5O3S/c19-15-2-1-14(11-16(15)20)29(26,27)25-5-3-23(4-6-25)17-12-18(22-13-21-17)24-7-9-28-10-8-24/h1-2,11-13H,3-10H2. The lowest BCUT2D eigenvalue weighted by Crippen LogP contribution is -2.49. The van der Waals surface area contributed by atoms with Gasteiger partial charge in [-0.2, -0.15) is 4.31 Å². The van der Waals surface area contributed by atoms with E-state index in [2.05, 4.69) is 14.9 Å². The Morgan fingerprint density at radius 1 is 0.828 bits per heavy atom. The van der Waals surface area contributed by atoms with E-state index in [9.17, 15) is 17.2 Å². The van der Waals surface area contributed by atoms with Crippen molar-refractivity contribution in [2.24, 2.45) is 0 Å². The monoisotopic (exact) mass is 425 g/mol. The van der Waals surface area contributed by atoms with Crippen molar-refractivity contribution < 1.29 is 21.9 Å². The number of morpholine rings is 1. The number of rotatable bonds is 4. The molecular formula is C18H21F2N5O3S. The summed E-state index contributed by atoms with van der Waals surface area (Å²) in [4.78, 5) is 12.5. The first-order valence-electron chi connectivity index (χ1n) is 9.30. The number of aromatic nitrogens is 2. The van der Waals surface area contributed by atoms with Gasteiger partial charge in [0.05, 0.1) is 18.1 Å². The summed E-state index contributed by atoms with van der Waals surface area (Å²) in [7, 11) is -3.89. The Morgan fingerprint density at radius 3 is 2.07 bits per heavy atom. The molecule has 0 atom stereocenters. The highest BCUT2D eigenvalue weighted by Gasteiger charge is 2.30. The van der Waals surface area contributed by atoms with Crippen LogP contribution in [0, 0.1) is 11.6 Å². The molecule has 1 aromatic heterocycles. The number of nitrogens with zero attached hydrogens (tertiary/aromatic N) is 5. The minimum atomic E-state index is -3.89. The quantitative estimate of drug-likeness (QED) is 0.726. The van der Waals surface area contributed by atoms with Gasteiger partial charge in [0.2, 0.25) is 10.0 Å². The van der Waals surface area contributed by atoms with Crippen LogP contribution in [-0.4, -0.2) is 75.2 Å². The van der Waals surface area contributed by atoms with Crippen molar-refractivity contribution in [1.29, 1.82) is 0 Å². The molecule has 11 heteroatoms. The summed E-state index contributed by atoms with van der Waals surface area (Å²) >= 11 is 0. The van der Waals surface area contributed by atoms with Crippen molar-refractivity contribution in [1.82, 2.24) is 14.3 Å². The van der Waals surface area contributed by atoms with Gasteiger partial charge in [-0.3, -0.25) is 0 Å². The van der Waals surface area contributed by atoms with Crippen LogP contribution in [-0.2, 0) is 14.8 Å². The predicted molar refractivity (Wildman–Crippen MR) is 102 cm³/mol. The second kappa shape index (κ2) is 8.17. The maximum Gasteiger partial charge on any atom is 0.243 e. The molecular weight excluding hydrogens is 404 g/mol. The lowest BCUT2D eigenvalue weighted by molar-refractivity contribution is 0.122. The van der Waals surface area contributed by atoms with Crippen molar-refractivity contribution in [3.63, 3.8) is 0 Å². The first-order chi connectivity index (χ1) is 13.9. The Bertz CT molecular complexity index is 977.